The van der Waals surface area contributed by atoms with Gasteiger partial charge < -0.3 is 5.32 Å². The Morgan fingerprint density at radius 1 is 1.09 bits per heavy atom. The molecule has 0 atom stereocenters. The van der Waals surface area contributed by atoms with Crippen molar-refractivity contribution in [2.24, 2.45) is 0 Å². The molecule has 5 heteroatoms. The van der Waals surface area contributed by atoms with Crippen molar-refractivity contribution < 1.29 is 0 Å². The summed E-state index contributed by atoms with van der Waals surface area (Å²) in [7, 11) is 0. The van der Waals surface area contributed by atoms with Gasteiger partial charge in [0.15, 0.2) is 0 Å². The van der Waals surface area contributed by atoms with Crippen LogP contribution >= 0.6 is 11.6 Å². The van der Waals surface area contributed by atoms with Crippen molar-refractivity contribution in [3.8, 4) is 11.4 Å². The highest BCUT2D eigenvalue weighted by atomic mass is 35.5. The zero-order valence-corrected chi connectivity index (χ0v) is 13.6. The van der Waals surface area contributed by atoms with Crippen LogP contribution < -0.4 is 5.32 Å². The molecule has 0 saturated heterocycles. The number of nitrogens with zero attached hydrogens (tertiary/aromatic N) is 3. The average Bonchev–Trinajstić information content (AvgIpc) is 2.99. The predicted molar refractivity (Wildman–Crippen MR) is 93.9 cm³/mol. The number of anilines is 1. The summed E-state index contributed by atoms with van der Waals surface area (Å²) >= 11 is 6.11. The smallest absolute Gasteiger partial charge is 0.137 e. The molecule has 1 N–H and O–H groups in total. The Kier molecular flexibility index (Phi) is 3.92. The molecule has 3 heterocycles. The van der Waals surface area contributed by atoms with E-state index in [1.165, 1.54) is 32.1 Å². The van der Waals surface area contributed by atoms with E-state index in [0.717, 1.165) is 22.9 Å². The molecule has 4 nitrogen and oxygen atoms in total. The van der Waals surface area contributed by atoms with E-state index >= 15 is 0 Å². The summed E-state index contributed by atoms with van der Waals surface area (Å²) in [5.74, 6) is 0.936. The molecule has 3 aromatic rings. The number of pyridine rings is 2. The quantitative estimate of drug-likeness (QED) is 0.752. The molecule has 0 radical (unpaired) electrons. The van der Waals surface area contributed by atoms with E-state index in [2.05, 4.69) is 10.3 Å². The maximum atomic E-state index is 6.11. The van der Waals surface area contributed by atoms with Crippen molar-refractivity contribution in [3.05, 3.63) is 47.7 Å². The summed E-state index contributed by atoms with van der Waals surface area (Å²) in [5, 5.41) is 4.26. The summed E-state index contributed by atoms with van der Waals surface area (Å²) < 4.78 is 1.98. The third kappa shape index (κ3) is 3.04. The Balaban J connectivity index is 1.65. The van der Waals surface area contributed by atoms with E-state index in [4.69, 9.17) is 16.6 Å². The van der Waals surface area contributed by atoms with Gasteiger partial charge in [-0.2, -0.15) is 0 Å². The molecular formula is C18H19ClN4. The van der Waals surface area contributed by atoms with Crippen molar-refractivity contribution in [1.29, 1.82) is 0 Å². The van der Waals surface area contributed by atoms with Gasteiger partial charge in [0.05, 0.1) is 22.6 Å². The molecule has 0 unspecified atom stereocenters. The van der Waals surface area contributed by atoms with Gasteiger partial charge in [-0.1, -0.05) is 36.9 Å². The summed E-state index contributed by atoms with van der Waals surface area (Å²) in [6.45, 7) is 0. The lowest BCUT2D eigenvalue weighted by atomic mass is 9.95. The molecule has 0 bridgehead atoms. The summed E-state index contributed by atoms with van der Waals surface area (Å²) in [4.78, 5) is 9.20. The number of fused-ring (bicyclic) bond motifs is 1. The first-order chi connectivity index (χ1) is 11.3. The first-order valence-electron chi connectivity index (χ1n) is 8.16. The Morgan fingerprint density at radius 3 is 2.83 bits per heavy atom. The van der Waals surface area contributed by atoms with E-state index in [0.29, 0.717) is 11.1 Å². The second-order valence-corrected chi connectivity index (χ2v) is 6.54. The fraction of sp³-hybridized carbons (Fsp3) is 0.333. The maximum Gasteiger partial charge on any atom is 0.137 e. The number of hydrogen-bond acceptors (Lipinski definition) is 3. The highest BCUT2D eigenvalue weighted by Crippen LogP contribution is 2.24. The van der Waals surface area contributed by atoms with Crippen LogP contribution in [0, 0.1) is 0 Å². The molecule has 0 aliphatic heterocycles. The maximum absolute atomic E-state index is 6.11. The minimum absolute atomic E-state index is 0.545. The van der Waals surface area contributed by atoms with Crippen LogP contribution in [0.3, 0.4) is 0 Å². The molecule has 4 rings (SSSR count). The average molecular weight is 327 g/mol. The topological polar surface area (TPSA) is 42.2 Å². The Morgan fingerprint density at radius 2 is 1.96 bits per heavy atom. The predicted octanol–water partition coefficient (Wildman–Crippen LogP) is 4.79. The minimum Gasteiger partial charge on any atom is -0.367 e. The van der Waals surface area contributed by atoms with Crippen LogP contribution in [0.5, 0.6) is 0 Å². The number of rotatable bonds is 3. The van der Waals surface area contributed by atoms with Crippen molar-refractivity contribution in [2.75, 3.05) is 5.32 Å². The first kappa shape index (κ1) is 14.5. The van der Waals surface area contributed by atoms with Gasteiger partial charge in [-0.05, 0) is 37.1 Å². The number of nitrogens with one attached hydrogen (secondary N) is 1. The zero-order valence-electron chi connectivity index (χ0n) is 12.9. The Hall–Kier alpha value is -2.07. The lowest BCUT2D eigenvalue weighted by Gasteiger charge is -2.23. The monoisotopic (exact) mass is 326 g/mol. The molecule has 0 amide bonds. The molecule has 118 valence electrons. The highest BCUT2D eigenvalue weighted by Gasteiger charge is 2.14. The normalized spacial score (nSPS) is 15.9. The lowest BCUT2D eigenvalue weighted by Crippen LogP contribution is -2.22. The molecule has 0 spiro atoms. The van der Waals surface area contributed by atoms with Crippen molar-refractivity contribution in [2.45, 2.75) is 38.1 Å². The van der Waals surface area contributed by atoms with Crippen LogP contribution in [-0.4, -0.2) is 20.4 Å². The van der Waals surface area contributed by atoms with Crippen molar-refractivity contribution in [1.82, 2.24) is 14.4 Å². The molecular weight excluding hydrogens is 308 g/mol. The van der Waals surface area contributed by atoms with Gasteiger partial charge in [0, 0.05) is 12.2 Å². The molecule has 0 aromatic carbocycles. The van der Waals surface area contributed by atoms with Crippen LogP contribution in [0.15, 0.2) is 42.7 Å². The van der Waals surface area contributed by atoms with Gasteiger partial charge in [0.1, 0.15) is 11.5 Å². The van der Waals surface area contributed by atoms with Gasteiger partial charge in [0.2, 0.25) is 0 Å². The highest BCUT2D eigenvalue weighted by molar-refractivity contribution is 6.30. The SMILES string of the molecule is Clc1ccc2ncc(-c3cccc(NC4CCCCC4)n3)n2c1. The first-order valence-corrected chi connectivity index (χ1v) is 8.54. The number of aromatic nitrogens is 3. The summed E-state index contributed by atoms with van der Waals surface area (Å²) in [6.07, 6.45) is 10.2. The zero-order chi connectivity index (χ0) is 15.6. The summed E-state index contributed by atoms with van der Waals surface area (Å²) in [6, 6.07) is 10.4. The molecule has 1 aliphatic rings. The molecule has 1 aliphatic carbocycles. The van der Waals surface area contributed by atoms with Gasteiger partial charge in [-0.15, -0.1) is 0 Å². The van der Waals surface area contributed by atoms with E-state index < -0.39 is 0 Å². The van der Waals surface area contributed by atoms with E-state index in [-0.39, 0.29) is 0 Å². The standard InChI is InChI=1S/C18H19ClN4/c19-13-9-10-18-20-11-16(23(18)12-13)15-7-4-8-17(22-15)21-14-5-2-1-3-6-14/h4,7-12,14H,1-3,5-6H2,(H,21,22). The molecule has 23 heavy (non-hydrogen) atoms. The summed E-state index contributed by atoms with van der Waals surface area (Å²) in [5.41, 5.74) is 2.73. The Bertz CT molecular complexity index is 821. The van der Waals surface area contributed by atoms with E-state index in [1.54, 1.807) is 0 Å². The van der Waals surface area contributed by atoms with Crippen LogP contribution in [0.4, 0.5) is 5.82 Å². The molecule has 1 saturated carbocycles. The second kappa shape index (κ2) is 6.20. The number of halogens is 1. The molecule has 1 fully saturated rings. The van der Waals surface area contributed by atoms with E-state index in [9.17, 15) is 0 Å². The fourth-order valence-electron chi connectivity index (χ4n) is 3.26. The van der Waals surface area contributed by atoms with Crippen molar-refractivity contribution in [3.63, 3.8) is 0 Å². The van der Waals surface area contributed by atoms with Gasteiger partial charge in [-0.3, -0.25) is 4.40 Å². The third-order valence-electron chi connectivity index (χ3n) is 4.44. The second-order valence-electron chi connectivity index (χ2n) is 6.11. The van der Waals surface area contributed by atoms with Crippen LogP contribution in [0.25, 0.3) is 17.0 Å². The van der Waals surface area contributed by atoms with Gasteiger partial charge >= 0.3 is 0 Å². The third-order valence-corrected chi connectivity index (χ3v) is 4.66. The number of imidazole rings is 1. The van der Waals surface area contributed by atoms with Crippen LogP contribution in [0.1, 0.15) is 32.1 Å². The number of hydrogen-bond donors (Lipinski definition) is 1. The van der Waals surface area contributed by atoms with E-state index in [1.807, 2.05) is 47.1 Å². The largest absolute Gasteiger partial charge is 0.367 e. The lowest BCUT2D eigenvalue weighted by molar-refractivity contribution is 0.462. The minimum atomic E-state index is 0.545. The fourth-order valence-corrected chi connectivity index (χ4v) is 3.42. The van der Waals surface area contributed by atoms with Gasteiger partial charge in [0.25, 0.3) is 0 Å². The van der Waals surface area contributed by atoms with Gasteiger partial charge in [-0.25, -0.2) is 9.97 Å². The molecule has 3 aromatic heterocycles. The Labute approximate surface area is 140 Å². The van der Waals surface area contributed by atoms with Crippen LogP contribution in [-0.2, 0) is 0 Å². The van der Waals surface area contributed by atoms with Crippen molar-refractivity contribution >= 4 is 23.1 Å². The van der Waals surface area contributed by atoms with Crippen LogP contribution in [0.2, 0.25) is 5.02 Å².